The lowest BCUT2D eigenvalue weighted by atomic mass is 10.1. The zero-order chi connectivity index (χ0) is 9.72. The van der Waals surface area contributed by atoms with Crippen molar-refractivity contribution < 1.29 is 10.0 Å². The van der Waals surface area contributed by atoms with Crippen molar-refractivity contribution in [2.45, 2.75) is 26.9 Å². The monoisotopic (exact) mass is 171 g/mol. The van der Waals surface area contributed by atoms with Gasteiger partial charge >= 0.3 is 0 Å². The van der Waals surface area contributed by atoms with Gasteiger partial charge in [-0.05, 0) is 26.8 Å². The predicted octanol–water partition coefficient (Wildman–Crippen LogP) is 1.49. The van der Waals surface area contributed by atoms with Gasteiger partial charge in [-0.1, -0.05) is 6.08 Å². The molecule has 0 amide bonds. The minimum Gasteiger partial charge on any atom is -0.388 e. The van der Waals surface area contributed by atoms with E-state index < -0.39 is 11.0 Å². The zero-order valence-corrected chi connectivity index (χ0v) is 7.44. The molecule has 1 N–H and O–H groups in total. The van der Waals surface area contributed by atoms with Gasteiger partial charge in [-0.3, -0.25) is 10.1 Å². The minimum atomic E-state index is -0.799. The Hall–Kier alpha value is -1.16. The molecule has 0 aliphatic rings. The molecule has 4 nitrogen and oxygen atoms in total. The molecule has 68 valence electrons. The van der Waals surface area contributed by atoms with Crippen LogP contribution in [-0.2, 0) is 0 Å². The Morgan fingerprint density at radius 1 is 1.50 bits per heavy atom. The first-order valence-electron chi connectivity index (χ1n) is 3.70. The molecule has 0 aliphatic heterocycles. The van der Waals surface area contributed by atoms with Gasteiger partial charge in [0.15, 0.2) is 0 Å². The van der Waals surface area contributed by atoms with E-state index in [9.17, 15) is 10.1 Å². The Morgan fingerprint density at radius 3 is 2.08 bits per heavy atom. The fourth-order valence-corrected chi connectivity index (χ4v) is 0.981. The van der Waals surface area contributed by atoms with E-state index >= 15 is 0 Å². The second-order valence-electron chi connectivity index (χ2n) is 2.35. The highest BCUT2D eigenvalue weighted by molar-refractivity contribution is 5.26. The molecule has 0 aromatic rings. The van der Waals surface area contributed by atoms with Gasteiger partial charge in [0.25, 0.3) is 5.70 Å². The van der Waals surface area contributed by atoms with Crippen LogP contribution in [0, 0.1) is 10.1 Å². The van der Waals surface area contributed by atoms with Crippen molar-refractivity contribution in [3.05, 3.63) is 33.5 Å². The quantitative estimate of drug-likeness (QED) is 0.397. The Balaban J connectivity index is 4.85. The lowest BCUT2D eigenvalue weighted by Crippen LogP contribution is -2.12. The molecule has 0 saturated heterocycles. The van der Waals surface area contributed by atoms with E-state index in [-0.39, 0.29) is 5.70 Å². The van der Waals surface area contributed by atoms with Gasteiger partial charge in [0.2, 0.25) is 0 Å². The molecule has 0 spiro atoms. The van der Waals surface area contributed by atoms with E-state index in [0.717, 1.165) is 0 Å². The van der Waals surface area contributed by atoms with E-state index in [1.54, 1.807) is 19.9 Å². The van der Waals surface area contributed by atoms with Crippen molar-refractivity contribution >= 4 is 0 Å². The third-order valence-corrected chi connectivity index (χ3v) is 1.53. The Kier molecular flexibility index (Phi) is 4.21. The Bertz CT molecular complexity index is 228. The molecule has 12 heavy (non-hydrogen) atoms. The number of nitrogens with zero attached hydrogens (tertiary/aromatic N) is 1. The molecular weight excluding hydrogens is 158 g/mol. The van der Waals surface area contributed by atoms with Crippen LogP contribution in [-0.4, -0.2) is 16.1 Å². The van der Waals surface area contributed by atoms with Gasteiger partial charge in [0, 0.05) is 0 Å². The molecule has 4 heteroatoms. The summed E-state index contributed by atoms with van der Waals surface area (Å²) in [5.74, 6) is 0. The average molecular weight is 171 g/mol. The Morgan fingerprint density at radius 2 is 2.00 bits per heavy atom. The van der Waals surface area contributed by atoms with E-state index in [2.05, 4.69) is 0 Å². The molecule has 1 unspecified atom stereocenters. The maximum atomic E-state index is 10.4. The minimum absolute atomic E-state index is 0.0347. The van der Waals surface area contributed by atoms with Crippen molar-refractivity contribution in [2.75, 3.05) is 0 Å². The smallest absolute Gasteiger partial charge is 0.270 e. The molecule has 0 radical (unpaired) electrons. The summed E-state index contributed by atoms with van der Waals surface area (Å²) in [5, 5.41) is 19.6. The van der Waals surface area contributed by atoms with Gasteiger partial charge < -0.3 is 5.11 Å². The molecule has 1 atom stereocenters. The van der Waals surface area contributed by atoms with Crippen molar-refractivity contribution in [1.29, 1.82) is 0 Å². The SMILES string of the molecule is C/C=C(\C(=C/C)[N+](=O)[O-])C(C)O. The van der Waals surface area contributed by atoms with E-state index in [1.165, 1.54) is 13.0 Å². The van der Waals surface area contributed by atoms with Crippen molar-refractivity contribution in [2.24, 2.45) is 0 Å². The predicted molar refractivity (Wildman–Crippen MR) is 46.2 cm³/mol. The topological polar surface area (TPSA) is 63.4 Å². The van der Waals surface area contributed by atoms with Crippen LogP contribution in [0.2, 0.25) is 0 Å². The normalized spacial score (nSPS) is 16.0. The second kappa shape index (κ2) is 4.66. The van der Waals surface area contributed by atoms with Gasteiger partial charge in [-0.2, -0.15) is 0 Å². The summed E-state index contributed by atoms with van der Waals surface area (Å²) in [6.07, 6.45) is 2.12. The molecular formula is C8H13NO3. The van der Waals surface area contributed by atoms with Crippen LogP contribution >= 0.6 is 0 Å². The third kappa shape index (κ3) is 2.47. The first-order chi connectivity index (χ1) is 5.54. The molecule has 0 aromatic carbocycles. The van der Waals surface area contributed by atoms with Crippen LogP contribution in [0.1, 0.15) is 20.8 Å². The number of hydrogen-bond donors (Lipinski definition) is 1. The average Bonchev–Trinajstić information content (AvgIpc) is 1.98. The van der Waals surface area contributed by atoms with Gasteiger partial charge in [0.05, 0.1) is 16.6 Å². The van der Waals surface area contributed by atoms with Crippen LogP contribution in [0.3, 0.4) is 0 Å². The van der Waals surface area contributed by atoms with Crippen LogP contribution in [0.15, 0.2) is 23.4 Å². The van der Waals surface area contributed by atoms with Gasteiger partial charge in [-0.15, -0.1) is 0 Å². The van der Waals surface area contributed by atoms with Crippen LogP contribution in [0.25, 0.3) is 0 Å². The molecule has 0 rings (SSSR count). The summed E-state index contributed by atoms with van der Waals surface area (Å²) < 4.78 is 0. The fraction of sp³-hybridized carbons (Fsp3) is 0.500. The van der Waals surface area contributed by atoms with Crippen molar-refractivity contribution in [1.82, 2.24) is 0 Å². The summed E-state index contributed by atoms with van der Waals surface area (Å²) in [5.41, 5.74) is 0.315. The summed E-state index contributed by atoms with van der Waals surface area (Å²) in [6, 6.07) is 0. The number of hydrogen-bond acceptors (Lipinski definition) is 3. The third-order valence-electron chi connectivity index (χ3n) is 1.53. The van der Waals surface area contributed by atoms with Crippen LogP contribution in [0.5, 0.6) is 0 Å². The molecule has 0 saturated carbocycles. The molecule has 0 bridgehead atoms. The highest BCUT2D eigenvalue weighted by Crippen LogP contribution is 2.14. The first kappa shape index (κ1) is 10.8. The van der Waals surface area contributed by atoms with E-state index in [4.69, 9.17) is 5.11 Å². The number of aliphatic hydroxyl groups excluding tert-OH is 1. The maximum Gasteiger partial charge on any atom is 0.270 e. The maximum absolute atomic E-state index is 10.4. The standard InChI is InChI=1S/C8H13NO3/c1-4-7(6(3)10)8(5-2)9(11)12/h4-6,10H,1-3H3/b7-4-,8-5+. The fourth-order valence-electron chi connectivity index (χ4n) is 0.981. The van der Waals surface area contributed by atoms with Gasteiger partial charge in [-0.25, -0.2) is 0 Å². The molecule has 0 aliphatic carbocycles. The van der Waals surface area contributed by atoms with Crippen molar-refractivity contribution in [3.63, 3.8) is 0 Å². The molecule has 0 heterocycles. The zero-order valence-electron chi connectivity index (χ0n) is 7.44. The summed E-state index contributed by atoms with van der Waals surface area (Å²) in [4.78, 5) is 9.92. The second-order valence-corrected chi connectivity index (χ2v) is 2.35. The van der Waals surface area contributed by atoms with E-state index in [0.29, 0.717) is 5.57 Å². The molecule has 0 fully saturated rings. The first-order valence-corrected chi connectivity index (χ1v) is 3.70. The summed E-state index contributed by atoms with van der Waals surface area (Å²) >= 11 is 0. The summed E-state index contributed by atoms with van der Waals surface area (Å²) in [6.45, 7) is 4.74. The van der Waals surface area contributed by atoms with Gasteiger partial charge in [0.1, 0.15) is 0 Å². The Labute approximate surface area is 71.4 Å². The highest BCUT2D eigenvalue weighted by Gasteiger charge is 2.18. The number of nitro groups is 1. The lowest BCUT2D eigenvalue weighted by molar-refractivity contribution is -0.421. The lowest BCUT2D eigenvalue weighted by Gasteiger charge is -2.06. The summed E-state index contributed by atoms with van der Waals surface area (Å²) in [7, 11) is 0. The van der Waals surface area contributed by atoms with Crippen LogP contribution in [0.4, 0.5) is 0 Å². The number of aliphatic hydroxyl groups is 1. The van der Waals surface area contributed by atoms with E-state index in [1.807, 2.05) is 0 Å². The van der Waals surface area contributed by atoms with Crippen LogP contribution < -0.4 is 0 Å². The number of allylic oxidation sites excluding steroid dienone is 2. The highest BCUT2D eigenvalue weighted by atomic mass is 16.6. The molecule has 0 aromatic heterocycles. The largest absolute Gasteiger partial charge is 0.388 e. The van der Waals surface area contributed by atoms with Crippen molar-refractivity contribution in [3.8, 4) is 0 Å². The number of rotatable bonds is 3.